The molecule has 1 fully saturated rings. The minimum absolute atomic E-state index is 0.0894. The van der Waals surface area contributed by atoms with Crippen molar-refractivity contribution < 1.29 is 5.11 Å². The molecule has 7 heteroatoms. The Balaban J connectivity index is 1.70. The number of hydrogen-bond donors (Lipinski definition) is 2. The average Bonchev–Trinajstić information content (AvgIpc) is 3.26. The maximum atomic E-state index is 10.5. The lowest BCUT2D eigenvalue weighted by atomic mass is 9.96. The van der Waals surface area contributed by atoms with Gasteiger partial charge < -0.3 is 10.4 Å². The summed E-state index contributed by atoms with van der Waals surface area (Å²) in [6.07, 6.45) is 11.0. The molecule has 0 aliphatic heterocycles. The zero-order valence-electron chi connectivity index (χ0n) is 19.4. The van der Waals surface area contributed by atoms with Gasteiger partial charge in [0.25, 0.3) is 0 Å². The summed E-state index contributed by atoms with van der Waals surface area (Å²) in [4.78, 5) is 9.75. The number of aromatic nitrogens is 5. The molecule has 0 saturated heterocycles. The molecule has 2 heterocycles. The standard InChI is InChI=1S/C25H36N6O/c1-3-4-5-12-17-21(18(2)32)26-24-22-25(28-23(27-24)19-13-8-6-9-14-19)31(30-29-22)20-15-10-7-11-16-20/h6,8-9,13-14,18,20-21,32H,3-5,7,10-12,15-17H2,1-2H3,(H,26,27,28)/t18-,21-/m0/s1. The fourth-order valence-electron chi connectivity index (χ4n) is 4.62. The number of benzene rings is 1. The highest BCUT2D eigenvalue weighted by Crippen LogP contribution is 2.32. The van der Waals surface area contributed by atoms with Crippen molar-refractivity contribution in [3.63, 3.8) is 0 Å². The number of nitrogens with one attached hydrogen (secondary N) is 1. The third-order valence-corrected chi connectivity index (χ3v) is 6.55. The second-order valence-corrected chi connectivity index (χ2v) is 9.10. The number of fused-ring (bicyclic) bond motifs is 1. The van der Waals surface area contributed by atoms with Gasteiger partial charge in [0, 0.05) is 5.56 Å². The summed E-state index contributed by atoms with van der Waals surface area (Å²) in [7, 11) is 0. The fraction of sp³-hybridized carbons (Fsp3) is 0.600. The first-order valence-corrected chi connectivity index (χ1v) is 12.3. The molecule has 0 unspecified atom stereocenters. The van der Waals surface area contributed by atoms with Crippen LogP contribution >= 0.6 is 0 Å². The summed E-state index contributed by atoms with van der Waals surface area (Å²) in [6.45, 7) is 4.05. The van der Waals surface area contributed by atoms with Crippen LogP contribution in [-0.4, -0.2) is 42.2 Å². The quantitative estimate of drug-likeness (QED) is 0.407. The topological polar surface area (TPSA) is 88.8 Å². The van der Waals surface area contributed by atoms with Crippen LogP contribution in [0.4, 0.5) is 5.82 Å². The second kappa shape index (κ2) is 10.9. The highest BCUT2D eigenvalue weighted by molar-refractivity contribution is 5.84. The van der Waals surface area contributed by atoms with Gasteiger partial charge in [0.1, 0.15) is 0 Å². The van der Waals surface area contributed by atoms with Gasteiger partial charge >= 0.3 is 0 Å². The van der Waals surface area contributed by atoms with E-state index in [1.165, 1.54) is 38.5 Å². The lowest BCUT2D eigenvalue weighted by molar-refractivity contribution is 0.165. The molecule has 0 bridgehead atoms. The summed E-state index contributed by atoms with van der Waals surface area (Å²) < 4.78 is 2.01. The van der Waals surface area contributed by atoms with E-state index in [1.807, 2.05) is 41.9 Å². The number of anilines is 1. The molecular formula is C25H36N6O. The Labute approximate surface area is 190 Å². The van der Waals surface area contributed by atoms with Gasteiger partial charge in [0.05, 0.1) is 18.2 Å². The molecule has 2 atom stereocenters. The van der Waals surface area contributed by atoms with Gasteiger partial charge in [-0.1, -0.05) is 87.4 Å². The minimum Gasteiger partial charge on any atom is -0.391 e. The zero-order chi connectivity index (χ0) is 22.3. The van der Waals surface area contributed by atoms with Crippen LogP contribution in [0.5, 0.6) is 0 Å². The predicted octanol–water partition coefficient (Wildman–Crippen LogP) is 5.53. The van der Waals surface area contributed by atoms with Crippen LogP contribution in [0.25, 0.3) is 22.6 Å². The average molecular weight is 437 g/mol. The molecule has 1 aromatic carbocycles. The van der Waals surface area contributed by atoms with Crippen LogP contribution in [0.3, 0.4) is 0 Å². The summed E-state index contributed by atoms with van der Waals surface area (Å²) >= 11 is 0. The minimum atomic E-state index is -0.491. The van der Waals surface area contributed by atoms with E-state index in [2.05, 4.69) is 22.6 Å². The van der Waals surface area contributed by atoms with Crippen LogP contribution in [0.15, 0.2) is 30.3 Å². The van der Waals surface area contributed by atoms with Crippen LogP contribution in [0.2, 0.25) is 0 Å². The monoisotopic (exact) mass is 436 g/mol. The van der Waals surface area contributed by atoms with Gasteiger partial charge in [-0.15, -0.1) is 5.10 Å². The van der Waals surface area contributed by atoms with Crippen molar-refractivity contribution in [3.8, 4) is 11.4 Å². The van der Waals surface area contributed by atoms with Gasteiger partial charge in [0.2, 0.25) is 0 Å². The largest absolute Gasteiger partial charge is 0.391 e. The van der Waals surface area contributed by atoms with Crippen LogP contribution in [0, 0.1) is 0 Å². The van der Waals surface area contributed by atoms with Crippen molar-refractivity contribution in [2.45, 2.75) is 96.2 Å². The Morgan fingerprint density at radius 2 is 1.84 bits per heavy atom. The van der Waals surface area contributed by atoms with E-state index in [4.69, 9.17) is 9.97 Å². The molecule has 2 N–H and O–H groups in total. The number of hydrogen-bond acceptors (Lipinski definition) is 6. The Hall–Kier alpha value is -2.54. The number of aliphatic hydroxyl groups is 1. The van der Waals surface area contributed by atoms with E-state index in [1.54, 1.807) is 0 Å². The van der Waals surface area contributed by atoms with E-state index >= 15 is 0 Å². The van der Waals surface area contributed by atoms with Gasteiger partial charge in [-0.05, 0) is 26.2 Å². The Morgan fingerprint density at radius 1 is 1.06 bits per heavy atom. The molecule has 1 aliphatic carbocycles. The van der Waals surface area contributed by atoms with Crippen molar-refractivity contribution in [1.82, 2.24) is 25.0 Å². The predicted molar refractivity (Wildman–Crippen MR) is 129 cm³/mol. The van der Waals surface area contributed by atoms with Crippen molar-refractivity contribution in [3.05, 3.63) is 30.3 Å². The van der Waals surface area contributed by atoms with E-state index in [0.717, 1.165) is 36.9 Å². The first-order chi connectivity index (χ1) is 15.7. The van der Waals surface area contributed by atoms with Crippen molar-refractivity contribution in [2.75, 3.05) is 5.32 Å². The van der Waals surface area contributed by atoms with Crippen molar-refractivity contribution >= 4 is 17.0 Å². The zero-order valence-corrected chi connectivity index (χ0v) is 19.4. The van der Waals surface area contributed by atoms with Gasteiger partial charge in [0.15, 0.2) is 22.8 Å². The van der Waals surface area contributed by atoms with Crippen LogP contribution in [-0.2, 0) is 0 Å². The molecule has 1 saturated carbocycles. The van der Waals surface area contributed by atoms with Crippen molar-refractivity contribution in [1.29, 1.82) is 0 Å². The normalized spacial score (nSPS) is 16.8. The summed E-state index contributed by atoms with van der Waals surface area (Å²) in [5.41, 5.74) is 2.43. The second-order valence-electron chi connectivity index (χ2n) is 9.10. The maximum Gasteiger partial charge on any atom is 0.184 e. The summed E-state index contributed by atoms with van der Waals surface area (Å²) in [5, 5.41) is 23.0. The van der Waals surface area contributed by atoms with E-state index in [9.17, 15) is 5.11 Å². The molecule has 32 heavy (non-hydrogen) atoms. The maximum absolute atomic E-state index is 10.5. The molecule has 0 amide bonds. The summed E-state index contributed by atoms with van der Waals surface area (Å²) in [6, 6.07) is 10.3. The lowest BCUT2D eigenvalue weighted by Crippen LogP contribution is -2.32. The third kappa shape index (κ3) is 5.26. The molecule has 7 nitrogen and oxygen atoms in total. The van der Waals surface area contributed by atoms with Gasteiger partial charge in [-0.2, -0.15) is 0 Å². The lowest BCUT2D eigenvalue weighted by Gasteiger charge is -2.23. The van der Waals surface area contributed by atoms with E-state index < -0.39 is 6.10 Å². The molecule has 0 radical (unpaired) electrons. The fourth-order valence-corrected chi connectivity index (χ4v) is 4.62. The highest BCUT2D eigenvalue weighted by atomic mass is 16.3. The smallest absolute Gasteiger partial charge is 0.184 e. The van der Waals surface area contributed by atoms with E-state index in [-0.39, 0.29) is 6.04 Å². The molecular weight excluding hydrogens is 400 g/mol. The van der Waals surface area contributed by atoms with E-state index in [0.29, 0.717) is 23.2 Å². The Kier molecular flexibility index (Phi) is 7.68. The molecule has 2 aromatic heterocycles. The Morgan fingerprint density at radius 3 is 2.56 bits per heavy atom. The number of aliphatic hydroxyl groups excluding tert-OH is 1. The molecule has 0 spiro atoms. The summed E-state index contributed by atoms with van der Waals surface area (Å²) in [5.74, 6) is 1.33. The molecule has 1 aliphatic rings. The highest BCUT2D eigenvalue weighted by Gasteiger charge is 2.24. The molecule has 3 aromatic rings. The third-order valence-electron chi connectivity index (χ3n) is 6.55. The van der Waals surface area contributed by atoms with Crippen molar-refractivity contribution in [2.24, 2.45) is 0 Å². The molecule has 172 valence electrons. The Bertz CT molecular complexity index is 981. The SMILES string of the molecule is CCCCCC[C@H](Nc1nc(-c2ccccc2)nc2c1nnn2C1CCCCC1)[C@H](C)O. The van der Waals surface area contributed by atoms with Gasteiger partial charge in [-0.3, -0.25) is 0 Å². The number of rotatable bonds is 10. The first-order valence-electron chi connectivity index (χ1n) is 12.3. The number of nitrogens with zero attached hydrogens (tertiary/aromatic N) is 5. The van der Waals surface area contributed by atoms with Crippen LogP contribution < -0.4 is 5.32 Å². The number of unbranched alkanes of at least 4 members (excludes halogenated alkanes) is 3. The van der Waals surface area contributed by atoms with Gasteiger partial charge in [-0.25, -0.2) is 14.6 Å². The van der Waals surface area contributed by atoms with Crippen LogP contribution in [0.1, 0.15) is 84.1 Å². The molecule has 4 rings (SSSR count). The first kappa shape index (κ1) is 22.6.